The van der Waals surface area contributed by atoms with Gasteiger partial charge in [-0.25, -0.2) is 0 Å². The lowest BCUT2D eigenvalue weighted by Gasteiger charge is -2.28. The van der Waals surface area contributed by atoms with Gasteiger partial charge in [0.1, 0.15) is 0 Å². The van der Waals surface area contributed by atoms with Crippen LogP contribution in [0.5, 0.6) is 0 Å². The molecule has 0 radical (unpaired) electrons. The van der Waals surface area contributed by atoms with Crippen molar-refractivity contribution in [2.24, 2.45) is 0 Å². The smallest absolute Gasteiger partial charge is 0.226 e. The first-order chi connectivity index (χ1) is 5.77. The molecule has 0 saturated carbocycles. The summed E-state index contributed by atoms with van der Waals surface area (Å²) in [4.78, 5) is 13.2. The Morgan fingerprint density at radius 1 is 1.58 bits per heavy atom. The quantitative estimate of drug-likeness (QED) is 0.573. The van der Waals surface area contributed by atoms with Crippen LogP contribution in [-0.2, 0) is 9.53 Å². The molecule has 1 unspecified atom stereocenters. The van der Waals surface area contributed by atoms with Gasteiger partial charge < -0.3 is 9.64 Å². The molecule has 2 heterocycles. The summed E-state index contributed by atoms with van der Waals surface area (Å²) in [5.41, 5.74) is 0.960. The fourth-order valence-corrected chi connectivity index (χ4v) is 1.50. The summed E-state index contributed by atoms with van der Waals surface area (Å²) in [5, 5.41) is 0. The predicted octanol–water partition coefficient (Wildman–Crippen LogP) is 0.911. The first-order valence-corrected chi connectivity index (χ1v) is 4.37. The van der Waals surface area contributed by atoms with E-state index in [1.54, 1.807) is 4.90 Å². The zero-order valence-corrected chi connectivity index (χ0v) is 7.08. The van der Waals surface area contributed by atoms with Crippen molar-refractivity contribution >= 4 is 5.91 Å². The van der Waals surface area contributed by atoms with Crippen LogP contribution in [0.2, 0.25) is 0 Å². The normalized spacial score (nSPS) is 29.3. The molecule has 1 amide bonds. The molecule has 3 heteroatoms. The molecular weight excluding hydrogens is 154 g/mol. The summed E-state index contributed by atoms with van der Waals surface area (Å²) in [6.07, 6.45) is 2.87. The van der Waals surface area contributed by atoms with E-state index in [-0.39, 0.29) is 12.0 Å². The number of allylic oxidation sites excluding steroid dienone is 1. The summed E-state index contributed by atoms with van der Waals surface area (Å²) < 4.78 is 5.07. The lowest BCUT2D eigenvalue weighted by Crippen LogP contribution is -2.35. The maximum Gasteiger partial charge on any atom is 0.226 e. The number of hydrogen-bond donors (Lipinski definition) is 0. The first-order valence-electron chi connectivity index (χ1n) is 4.37. The number of carbonyl (C=O) groups is 1. The maximum absolute atomic E-state index is 11.4. The number of piperidine rings is 1. The number of ether oxygens (including phenoxy) is 1. The summed E-state index contributed by atoms with van der Waals surface area (Å²) in [7, 11) is 0. The molecule has 12 heavy (non-hydrogen) atoms. The number of nitrogens with zero attached hydrogens (tertiary/aromatic N) is 1. The lowest BCUT2D eigenvalue weighted by molar-refractivity contribution is -0.131. The van der Waals surface area contributed by atoms with Crippen molar-refractivity contribution in [3.63, 3.8) is 0 Å². The molecule has 2 aliphatic heterocycles. The summed E-state index contributed by atoms with van der Waals surface area (Å²) >= 11 is 0. The van der Waals surface area contributed by atoms with Crippen LogP contribution in [-0.4, -0.2) is 30.1 Å². The predicted molar refractivity (Wildman–Crippen MR) is 44.4 cm³/mol. The fourth-order valence-electron chi connectivity index (χ4n) is 1.50. The van der Waals surface area contributed by atoms with Gasteiger partial charge in [0, 0.05) is 12.1 Å². The third kappa shape index (κ3) is 1.50. The van der Waals surface area contributed by atoms with Gasteiger partial charge in [-0.3, -0.25) is 4.79 Å². The Kier molecular flexibility index (Phi) is 1.89. The standard InChI is InChI=1S/C9H13NO2/c1-7-3-2-4-9(11)10(7)5-8-6-12-8/h8H,1-6H2. The van der Waals surface area contributed by atoms with Crippen LogP contribution < -0.4 is 0 Å². The molecule has 66 valence electrons. The fraction of sp³-hybridized carbons (Fsp3) is 0.667. The zero-order chi connectivity index (χ0) is 8.55. The largest absolute Gasteiger partial charge is 0.371 e. The van der Waals surface area contributed by atoms with E-state index in [4.69, 9.17) is 4.74 Å². The number of carbonyl (C=O) groups excluding carboxylic acids is 1. The molecule has 3 nitrogen and oxygen atoms in total. The third-order valence-corrected chi connectivity index (χ3v) is 2.33. The Balaban J connectivity index is 1.97. The molecule has 0 aliphatic carbocycles. The SMILES string of the molecule is C=C1CCCC(=O)N1CC1CO1. The molecule has 0 aromatic rings. The molecule has 0 bridgehead atoms. The number of epoxide rings is 1. The number of rotatable bonds is 2. The molecular formula is C9H13NO2. The van der Waals surface area contributed by atoms with Crippen molar-refractivity contribution in [1.29, 1.82) is 0 Å². The average molecular weight is 167 g/mol. The van der Waals surface area contributed by atoms with Gasteiger partial charge >= 0.3 is 0 Å². The molecule has 0 aromatic heterocycles. The first kappa shape index (κ1) is 7.80. The lowest BCUT2D eigenvalue weighted by atomic mass is 10.1. The van der Waals surface area contributed by atoms with E-state index >= 15 is 0 Å². The second kappa shape index (κ2) is 2.90. The number of amides is 1. The van der Waals surface area contributed by atoms with Crippen LogP contribution in [0.15, 0.2) is 12.3 Å². The average Bonchev–Trinajstić information content (AvgIpc) is 2.80. The Bertz CT molecular complexity index is 205. The Labute approximate surface area is 72.0 Å². The summed E-state index contributed by atoms with van der Waals surface area (Å²) in [5.74, 6) is 0.210. The number of likely N-dealkylation sites (tertiary alicyclic amines) is 1. The van der Waals surface area contributed by atoms with Gasteiger partial charge in [-0.1, -0.05) is 6.58 Å². The highest BCUT2D eigenvalue weighted by molar-refractivity contribution is 5.79. The van der Waals surface area contributed by atoms with Gasteiger partial charge in [-0.15, -0.1) is 0 Å². The van der Waals surface area contributed by atoms with E-state index in [1.165, 1.54) is 0 Å². The van der Waals surface area contributed by atoms with Crippen LogP contribution in [0.1, 0.15) is 19.3 Å². The minimum Gasteiger partial charge on any atom is -0.371 e. The third-order valence-electron chi connectivity index (χ3n) is 2.33. The van der Waals surface area contributed by atoms with Gasteiger partial charge in [-0.2, -0.15) is 0 Å². The van der Waals surface area contributed by atoms with Crippen LogP contribution in [0, 0.1) is 0 Å². The molecule has 0 aromatic carbocycles. The van der Waals surface area contributed by atoms with Gasteiger partial charge in [0.15, 0.2) is 0 Å². The van der Waals surface area contributed by atoms with E-state index in [0.717, 1.165) is 31.7 Å². The van der Waals surface area contributed by atoms with Crippen molar-refractivity contribution < 1.29 is 9.53 Å². The molecule has 2 fully saturated rings. The zero-order valence-electron chi connectivity index (χ0n) is 7.08. The van der Waals surface area contributed by atoms with Crippen LogP contribution in [0.4, 0.5) is 0 Å². The monoisotopic (exact) mass is 167 g/mol. The number of hydrogen-bond acceptors (Lipinski definition) is 2. The molecule has 0 N–H and O–H groups in total. The molecule has 2 saturated heterocycles. The minimum atomic E-state index is 0.210. The minimum absolute atomic E-state index is 0.210. The van der Waals surface area contributed by atoms with E-state index in [2.05, 4.69) is 6.58 Å². The maximum atomic E-state index is 11.4. The van der Waals surface area contributed by atoms with Crippen LogP contribution >= 0.6 is 0 Å². The van der Waals surface area contributed by atoms with E-state index in [9.17, 15) is 4.79 Å². The van der Waals surface area contributed by atoms with Crippen molar-refractivity contribution in [2.45, 2.75) is 25.4 Å². The molecule has 0 spiro atoms. The Morgan fingerprint density at radius 2 is 2.33 bits per heavy atom. The van der Waals surface area contributed by atoms with Gasteiger partial charge in [0.2, 0.25) is 5.91 Å². The molecule has 2 aliphatic rings. The van der Waals surface area contributed by atoms with Gasteiger partial charge in [0.05, 0.1) is 19.3 Å². The highest BCUT2D eigenvalue weighted by Gasteiger charge is 2.30. The summed E-state index contributed by atoms with van der Waals surface area (Å²) in [6.45, 7) is 5.40. The second-order valence-electron chi connectivity index (χ2n) is 3.38. The van der Waals surface area contributed by atoms with E-state index < -0.39 is 0 Å². The van der Waals surface area contributed by atoms with Gasteiger partial charge in [-0.05, 0) is 12.8 Å². The van der Waals surface area contributed by atoms with Crippen molar-refractivity contribution in [1.82, 2.24) is 4.90 Å². The van der Waals surface area contributed by atoms with Crippen molar-refractivity contribution in [3.05, 3.63) is 12.3 Å². The Hall–Kier alpha value is -0.830. The van der Waals surface area contributed by atoms with Crippen molar-refractivity contribution in [3.8, 4) is 0 Å². The topological polar surface area (TPSA) is 32.8 Å². The van der Waals surface area contributed by atoms with Gasteiger partial charge in [0.25, 0.3) is 0 Å². The highest BCUT2D eigenvalue weighted by Crippen LogP contribution is 2.22. The second-order valence-corrected chi connectivity index (χ2v) is 3.38. The van der Waals surface area contributed by atoms with E-state index in [0.29, 0.717) is 6.42 Å². The summed E-state index contributed by atoms with van der Waals surface area (Å²) in [6, 6.07) is 0. The van der Waals surface area contributed by atoms with E-state index in [1.807, 2.05) is 0 Å². The molecule has 2 rings (SSSR count). The molecule has 1 atom stereocenters. The Morgan fingerprint density at radius 3 is 2.92 bits per heavy atom. The van der Waals surface area contributed by atoms with Crippen LogP contribution in [0.3, 0.4) is 0 Å². The van der Waals surface area contributed by atoms with Crippen molar-refractivity contribution in [2.75, 3.05) is 13.2 Å². The van der Waals surface area contributed by atoms with Crippen LogP contribution in [0.25, 0.3) is 0 Å². The highest BCUT2D eigenvalue weighted by atomic mass is 16.6.